The molecule has 2 rings (SSSR count). The minimum Gasteiger partial charge on any atom is -0.308 e. The Labute approximate surface area is 124 Å². The van der Waals surface area contributed by atoms with Crippen molar-refractivity contribution in [2.45, 2.75) is 0 Å². The molecule has 1 aromatic heterocycles. The van der Waals surface area contributed by atoms with Crippen molar-refractivity contribution in [1.29, 1.82) is 0 Å². The van der Waals surface area contributed by atoms with E-state index >= 15 is 0 Å². The lowest BCUT2D eigenvalue weighted by Gasteiger charge is -2.11. The molecule has 0 aliphatic carbocycles. The summed E-state index contributed by atoms with van der Waals surface area (Å²) < 4.78 is 2.11. The van der Waals surface area contributed by atoms with E-state index in [4.69, 9.17) is 11.6 Å². The van der Waals surface area contributed by atoms with Gasteiger partial charge >= 0.3 is 11.7 Å². The highest BCUT2D eigenvalue weighted by Gasteiger charge is 2.09. The van der Waals surface area contributed by atoms with E-state index in [9.17, 15) is 14.4 Å². The third-order valence-corrected chi connectivity index (χ3v) is 3.09. The molecule has 1 heterocycles. The smallest absolute Gasteiger partial charge is 0.308 e. The van der Waals surface area contributed by atoms with Gasteiger partial charge in [0.15, 0.2) is 0 Å². The molecule has 0 unspecified atom stereocenters. The molecule has 0 aliphatic rings. The largest absolute Gasteiger partial charge is 0.332 e. The molecule has 0 aliphatic heterocycles. The molecule has 110 valence electrons. The lowest BCUT2D eigenvalue weighted by Crippen LogP contribution is -2.38. The van der Waals surface area contributed by atoms with Crippen molar-refractivity contribution >= 4 is 29.1 Å². The van der Waals surface area contributed by atoms with E-state index in [0.29, 0.717) is 10.7 Å². The minimum absolute atomic E-state index is 0.0997. The Balaban J connectivity index is 2.21. The van der Waals surface area contributed by atoms with Crippen molar-refractivity contribution < 1.29 is 4.79 Å². The van der Waals surface area contributed by atoms with Crippen LogP contribution >= 0.6 is 11.6 Å². The van der Waals surface area contributed by atoms with E-state index < -0.39 is 17.3 Å². The Morgan fingerprint density at radius 1 is 1.10 bits per heavy atom. The number of nitrogens with zero attached hydrogens (tertiary/aromatic N) is 2. The van der Waals surface area contributed by atoms with Gasteiger partial charge in [0.25, 0.3) is 5.56 Å². The topological polar surface area (TPSA) is 85.1 Å². The van der Waals surface area contributed by atoms with Crippen molar-refractivity contribution in [3.63, 3.8) is 0 Å². The van der Waals surface area contributed by atoms with Gasteiger partial charge in [0.1, 0.15) is 5.82 Å². The summed E-state index contributed by atoms with van der Waals surface area (Å²) in [7, 11) is 2.82. The van der Waals surface area contributed by atoms with Crippen molar-refractivity contribution in [3.05, 3.63) is 56.2 Å². The second kappa shape index (κ2) is 5.84. The summed E-state index contributed by atoms with van der Waals surface area (Å²) in [6.45, 7) is 0. The Bertz CT molecular complexity index is 810. The summed E-state index contributed by atoms with van der Waals surface area (Å²) in [5.74, 6) is 0.0997. The van der Waals surface area contributed by atoms with E-state index in [1.165, 1.54) is 24.7 Å². The second-order valence-corrected chi connectivity index (χ2v) is 4.79. The maximum Gasteiger partial charge on any atom is 0.332 e. The van der Waals surface area contributed by atoms with Crippen molar-refractivity contribution in [1.82, 2.24) is 9.13 Å². The molecule has 8 heteroatoms. The highest BCUT2D eigenvalue weighted by Crippen LogP contribution is 2.15. The summed E-state index contributed by atoms with van der Waals surface area (Å²) in [5, 5.41) is 5.48. The molecule has 2 aromatic rings. The molecule has 7 nitrogen and oxygen atoms in total. The number of rotatable bonds is 2. The maximum atomic E-state index is 11.9. The van der Waals surface area contributed by atoms with Gasteiger partial charge in [0, 0.05) is 30.9 Å². The average Bonchev–Trinajstić information content (AvgIpc) is 2.42. The van der Waals surface area contributed by atoms with Crippen molar-refractivity contribution in [2.75, 3.05) is 10.6 Å². The zero-order chi connectivity index (χ0) is 15.6. The lowest BCUT2D eigenvalue weighted by molar-refractivity contribution is 0.262. The van der Waals surface area contributed by atoms with Crippen LogP contribution in [-0.4, -0.2) is 15.2 Å². The Kier molecular flexibility index (Phi) is 4.13. The normalized spacial score (nSPS) is 10.2. The van der Waals surface area contributed by atoms with Gasteiger partial charge in [-0.3, -0.25) is 19.2 Å². The van der Waals surface area contributed by atoms with Gasteiger partial charge in [-0.25, -0.2) is 9.59 Å². The Morgan fingerprint density at radius 2 is 1.81 bits per heavy atom. The van der Waals surface area contributed by atoms with Crippen LogP contribution in [0.5, 0.6) is 0 Å². The summed E-state index contributed by atoms with van der Waals surface area (Å²) in [6, 6.07) is 7.18. The number of halogens is 1. The predicted molar refractivity (Wildman–Crippen MR) is 81.0 cm³/mol. The number of urea groups is 1. The number of aromatic nitrogens is 2. The van der Waals surface area contributed by atoms with E-state index in [0.717, 1.165) is 4.57 Å². The minimum atomic E-state index is -0.583. The average molecular weight is 309 g/mol. The van der Waals surface area contributed by atoms with Crippen LogP contribution in [0.3, 0.4) is 0 Å². The van der Waals surface area contributed by atoms with Gasteiger partial charge in [-0.2, -0.15) is 0 Å². The van der Waals surface area contributed by atoms with Crippen LogP contribution in [0.15, 0.2) is 39.9 Å². The van der Waals surface area contributed by atoms with Gasteiger partial charge in [0.2, 0.25) is 0 Å². The molecule has 2 amide bonds. The predicted octanol–water partition coefficient (Wildman–Crippen LogP) is 1.38. The first-order chi connectivity index (χ1) is 9.88. The SMILES string of the molecule is Cn1c(NC(=O)Nc2cccc(Cl)c2)cc(=O)n(C)c1=O. The first kappa shape index (κ1) is 14.9. The van der Waals surface area contributed by atoms with Crippen LogP contribution in [0.2, 0.25) is 5.02 Å². The van der Waals surface area contributed by atoms with Crippen molar-refractivity contribution in [3.8, 4) is 0 Å². The molecule has 0 fully saturated rings. The third kappa shape index (κ3) is 3.32. The molecular formula is C13H13ClN4O3. The molecule has 1 aromatic carbocycles. The fourth-order valence-corrected chi connectivity index (χ4v) is 1.89. The fraction of sp³-hybridized carbons (Fsp3) is 0.154. The summed E-state index contributed by atoms with van der Waals surface area (Å²) in [5.41, 5.74) is -0.537. The molecular weight excluding hydrogens is 296 g/mol. The van der Waals surface area contributed by atoms with Crippen LogP contribution in [0.25, 0.3) is 0 Å². The lowest BCUT2D eigenvalue weighted by atomic mass is 10.3. The van der Waals surface area contributed by atoms with E-state index in [-0.39, 0.29) is 5.82 Å². The zero-order valence-electron chi connectivity index (χ0n) is 11.4. The molecule has 0 bridgehead atoms. The third-order valence-electron chi connectivity index (χ3n) is 2.85. The number of benzene rings is 1. The van der Waals surface area contributed by atoms with Crippen LogP contribution in [0.1, 0.15) is 0 Å². The van der Waals surface area contributed by atoms with Gasteiger partial charge in [-0.05, 0) is 18.2 Å². The first-order valence-electron chi connectivity index (χ1n) is 5.99. The van der Waals surface area contributed by atoms with Crippen molar-refractivity contribution in [2.24, 2.45) is 14.1 Å². The van der Waals surface area contributed by atoms with E-state index in [1.54, 1.807) is 24.3 Å². The first-order valence-corrected chi connectivity index (χ1v) is 6.37. The van der Waals surface area contributed by atoms with Crippen LogP contribution in [-0.2, 0) is 14.1 Å². The quantitative estimate of drug-likeness (QED) is 0.879. The highest BCUT2D eigenvalue weighted by molar-refractivity contribution is 6.30. The molecule has 2 N–H and O–H groups in total. The molecule has 0 saturated carbocycles. The number of hydrogen-bond acceptors (Lipinski definition) is 3. The molecule has 0 spiro atoms. The number of anilines is 2. The Morgan fingerprint density at radius 3 is 2.48 bits per heavy atom. The second-order valence-electron chi connectivity index (χ2n) is 4.36. The molecule has 0 atom stereocenters. The maximum absolute atomic E-state index is 11.9. The van der Waals surface area contributed by atoms with Gasteiger partial charge in [-0.1, -0.05) is 17.7 Å². The Hall–Kier alpha value is -2.54. The summed E-state index contributed by atoms with van der Waals surface area (Å²) >= 11 is 5.81. The van der Waals surface area contributed by atoms with Gasteiger partial charge in [-0.15, -0.1) is 0 Å². The van der Waals surface area contributed by atoms with Gasteiger partial charge in [0.05, 0.1) is 0 Å². The molecule has 0 saturated heterocycles. The van der Waals surface area contributed by atoms with Crippen LogP contribution in [0.4, 0.5) is 16.3 Å². The molecule has 21 heavy (non-hydrogen) atoms. The van der Waals surface area contributed by atoms with E-state index in [2.05, 4.69) is 10.6 Å². The number of amides is 2. The number of hydrogen-bond donors (Lipinski definition) is 2. The summed E-state index contributed by atoms with van der Waals surface area (Å²) in [6.07, 6.45) is 0. The zero-order valence-corrected chi connectivity index (χ0v) is 12.1. The number of carbonyl (C=O) groups is 1. The number of nitrogens with one attached hydrogen (secondary N) is 2. The van der Waals surface area contributed by atoms with Crippen LogP contribution in [0, 0.1) is 0 Å². The number of carbonyl (C=O) groups excluding carboxylic acids is 1. The fourth-order valence-electron chi connectivity index (χ4n) is 1.70. The summed E-state index contributed by atoms with van der Waals surface area (Å²) in [4.78, 5) is 35.2. The monoisotopic (exact) mass is 308 g/mol. The highest BCUT2D eigenvalue weighted by atomic mass is 35.5. The standard InChI is InChI=1S/C13H13ClN4O3/c1-17-10(7-11(19)18(2)13(17)21)16-12(20)15-9-5-3-4-8(14)6-9/h3-7H,1-2H3,(H2,15,16,20). The van der Waals surface area contributed by atoms with Crippen LogP contribution < -0.4 is 21.9 Å². The molecule has 0 radical (unpaired) electrons. The van der Waals surface area contributed by atoms with Gasteiger partial charge < -0.3 is 5.32 Å². The van der Waals surface area contributed by atoms with E-state index in [1.807, 2.05) is 0 Å².